The molecule has 0 saturated carbocycles. The zero-order valence-electron chi connectivity index (χ0n) is 10.5. The maximum Gasteiger partial charge on any atom is 0.168 e. The van der Waals surface area contributed by atoms with E-state index in [2.05, 4.69) is 5.10 Å². The number of rotatable bonds is 3. The fraction of sp³-hybridized carbons (Fsp3) is 0.750. The van der Waals surface area contributed by atoms with Gasteiger partial charge in [0.25, 0.3) is 0 Å². The molecule has 0 radical (unpaired) electrons. The molecule has 0 aromatic carbocycles. The van der Waals surface area contributed by atoms with Crippen LogP contribution in [0.25, 0.3) is 0 Å². The Bertz CT molecular complexity index is 338. The minimum Gasteiger partial charge on any atom is -0.263 e. The quantitative estimate of drug-likeness (QED) is 0.744. The molecule has 0 saturated heterocycles. The highest BCUT2D eigenvalue weighted by Crippen LogP contribution is 2.27. The van der Waals surface area contributed by atoms with Crippen molar-refractivity contribution in [2.45, 2.75) is 59.4 Å². The van der Waals surface area contributed by atoms with Gasteiger partial charge in [0.2, 0.25) is 0 Å². The molecule has 0 fully saturated rings. The predicted octanol–water partition coefficient (Wildman–Crippen LogP) is 3.85. The Balaban J connectivity index is 3.33. The van der Waals surface area contributed by atoms with Crippen LogP contribution in [0.15, 0.2) is 0 Å². The van der Waals surface area contributed by atoms with Crippen LogP contribution in [0.4, 0.5) is 4.39 Å². The number of halogens is 1. The summed E-state index contributed by atoms with van der Waals surface area (Å²) in [4.78, 5) is 0. The molecule has 0 unspecified atom stereocenters. The van der Waals surface area contributed by atoms with E-state index in [4.69, 9.17) is 0 Å². The van der Waals surface area contributed by atoms with Crippen LogP contribution in [0, 0.1) is 5.82 Å². The number of nitrogens with zero attached hydrogens (tertiary/aromatic N) is 2. The topological polar surface area (TPSA) is 17.8 Å². The van der Waals surface area contributed by atoms with Crippen molar-refractivity contribution in [3.63, 3.8) is 0 Å². The third-order valence-electron chi connectivity index (χ3n) is 2.49. The molecule has 0 atom stereocenters. The van der Waals surface area contributed by atoms with E-state index in [1.54, 1.807) is 0 Å². The summed E-state index contributed by atoms with van der Waals surface area (Å²) >= 11 is 0. The Hall–Kier alpha value is -0.860. The van der Waals surface area contributed by atoms with E-state index in [1.807, 2.05) is 46.2 Å². The van der Waals surface area contributed by atoms with E-state index in [-0.39, 0.29) is 23.7 Å². The van der Waals surface area contributed by atoms with Gasteiger partial charge in [-0.05, 0) is 19.8 Å². The van der Waals surface area contributed by atoms with E-state index in [9.17, 15) is 4.39 Å². The second kappa shape index (κ2) is 4.33. The van der Waals surface area contributed by atoms with Crippen LogP contribution in [0.1, 0.15) is 70.8 Å². The first kappa shape index (κ1) is 12.2. The van der Waals surface area contributed by atoms with E-state index >= 15 is 0 Å². The van der Waals surface area contributed by atoms with E-state index in [0.29, 0.717) is 5.69 Å². The van der Waals surface area contributed by atoms with E-state index in [1.165, 1.54) is 0 Å². The van der Waals surface area contributed by atoms with Crippen molar-refractivity contribution in [3.05, 3.63) is 17.2 Å². The predicted molar refractivity (Wildman–Crippen MR) is 60.7 cm³/mol. The van der Waals surface area contributed by atoms with Crippen molar-refractivity contribution in [2.24, 2.45) is 0 Å². The lowest BCUT2D eigenvalue weighted by Gasteiger charge is -2.12. The Kier molecular flexibility index (Phi) is 3.53. The average Bonchev–Trinajstić information content (AvgIpc) is 2.42. The van der Waals surface area contributed by atoms with Crippen molar-refractivity contribution in [1.82, 2.24) is 9.78 Å². The van der Waals surface area contributed by atoms with Gasteiger partial charge in [-0.1, -0.05) is 27.7 Å². The second-order valence-electron chi connectivity index (χ2n) is 4.93. The van der Waals surface area contributed by atoms with Crippen LogP contribution in [0.5, 0.6) is 0 Å². The maximum absolute atomic E-state index is 14.1. The van der Waals surface area contributed by atoms with Gasteiger partial charge in [0.1, 0.15) is 5.69 Å². The van der Waals surface area contributed by atoms with Gasteiger partial charge in [-0.2, -0.15) is 5.10 Å². The summed E-state index contributed by atoms with van der Waals surface area (Å²) in [7, 11) is 0. The number of hydrogen-bond acceptors (Lipinski definition) is 1. The van der Waals surface area contributed by atoms with Gasteiger partial charge in [0, 0.05) is 12.0 Å². The lowest BCUT2D eigenvalue weighted by Crippen LogP contribution is -2.09. The standard InChI is InChI=1S/C12H21FN2/c1-7(2)11-10(13)12(8(3)4)15(14-11)9(5)6/h7-9H,1-6H3. The van der Waals surface area contributed by atoms with Crippen LogP contribution in [-0.2, 0) is 0 Å². The lowest BCUT2D eigenvalue weighted by atomic mass is 10.1. The average molecular weight is 212 g/mol. The highest BCUT2D eigenvalue weighted by atomic mass is 19.1. The minimum absolute atomic E-state index is 0.117. The van der Waals surface area contributed by atoms with Gasteiger partial charge < -0.3 is 0 Å². The summed E-state index contributed by atoms with van der Waals surface area (Å²) in [5, 5.41) is 4.37. The third-order valence-corrected chi connectivity index (χ3v) is 2.49. The van der Waals surface area contributed by atoms with Gasteiger partial charge in [-0.15, -0.1) is 0 Å². The Morgan fingerprint density at radius 3 is 1.80 bits per heavy atom. The summed E-state index contributed by atoms with van der Waals surface area (Å²) in [6.45, 7) is 12.0. The van der Waals surface area contributed by atoms with Gasteiger partial charge in [-0.25, -0.2) is 4.39 Å². The van der Waals surface area contributed by atoms with Crippen molar-refractivity contribution in [1.29, 1.82) is 0 Å². The van der Waals surface area contributed by atoms with Gasteiger partial charge in [0.15, 0.2) is 5.82 Å². The zero-order chi connectivity index (χ0) is 11.7. The first-order valence-electron chi connectivity index (χ1n) is 5.64. The minimum atomic E-state index is -0.117. The molecule has 0 aliphatic carbocycles. The van der Waals surface area contributed by atoms with Gasteiger partial charge in [0.05, 0.1) is 5.69 Å². The largest absolute Gasteiger partial charge is 0.263 e. The molecule has 0 aliphatic rings. The molecule has 0 spiro atoms. The number of hydrogen-bond donors (Lipinski definition) is 0. The SMILES string of the molecule is CC(C)c1nn(C(C)C)c(C(C)C)c1F. The maximum atomic E-state index is 14.1. The molecule has 0 aliphatic heterocycles. The zero-order valence-corrected chi connectivity index (χ0v) is 10.5. The van der Waals surface area contributed by atoms with Crippen molar-refractivity contribution >= 4 is 0 Å². The lowest BCUT2D eigenvalue weighted by molar-refractivity contribution is 0.482. The van der Waals surface area contributed by atoms with Crippen LogP contribution in [0.3, 0.4) is 0 Å². The van der Waals surface area contributed by atoms with Crippen LogP contribution in [-0.4, -0.2) is 9.78 Å². The molecule has 1 aromatic heterocycles. The molecule has 86 valence electrons. The summed E-state index contributed by atoms with van der Waals surface area (Å²) in [5.74, 6) is 0.198. The molecule has 3 heteroatoms. The van der Waals surface area contributed by atoms with Crippen LogP contribution >= 0.6 is 0 Å². The molecule has 1 heterocycles. The van der Waals surface area contributed by atoms with Gasteiger partial charge in [-0.3, -0.25) is 4.68 Å². The second-order valence-corrected chi connectivity index (χ2v) is 4.93. The summed E-state index contributed by atoms with van der Waals surface area (Å²) in [6.07, 6.45) is 0. The highest BCUT2D eigenvalue weighted by Gasteiger charge is 2.23. The third kappa shape index (κ3) is 2.21. The Labute approximate surface area is 91.5 Å². The highest BCUT2D eigenvalue weighted by molar-refractivity contribution is 5.20. The van der Waals surface area contributed by atoms with E-state index < -0.39 is 0 Å². The van der Waals surface area contributed by atoms with Crippen LogP contribution in [0.2, 0.25) is 0 Å². The van der Waals surface area contributed by atoms with Gasteiger partial charge >= 0.3 is 0 Å². The molecule has 0 amide bonds. The smallest absolute Gasteiger partial charge is 0.168 e. The van der Waals surface area contributed by atoms with Crippen molar-refractivity contribution < 1.29 is 4.39 Å². The van der Waals surface area contributed by atoms with Crippen molar-refractivity contribution in [2.75, 3.05) is 0 Å². The molecule has 0 bridgehead atoms. The summed E-state index contributed by atoms with van der Waals surface area (Å²) in [5.41, 5.74) is 1.32. The fourth-order valence-electron chi connectivity index (χ4n) is 1.73. The summed E-state index contributed by atoms with van der Waals surface area (Å²) < 4.78 is 15.9. The Morgan fingerprint density at radius 2 is 1.53 bits per heavy atom. The fourth-order valence-corrected chi connectivity index (χ4v) is 1.73. The molecule has 1 rings (SSSR count). The molecule has 1 aromatic rings. The number of aromatic nitrogens is 2. The monoisotopic (exact) mass is 212 g/mol. The molecular formula is C12H21FN2. The molecule has 15 heavy (non-hydrogen) atoms. The normalized spacial score (nSPS) is 12.1. The summed E-state index contributed by atoms with van der Waals surface area (Å²) in [6, 6.07) is 0.212. The van der Waals surface area contributed by atoms with E-state index in [0.717, 1.165) is 5.69 Å². The molecule has 2 nitrogen and oxygen atoms in total. The van der Waals surface area contributed by atoms with Crippen LogP contribution < -0.4 is 0 Å². The first-order chi connectivity index (χ1) is 6.86. The molecule has 0 N–H and O–H groups in total. The first-order valence-corrected chi connectivity index (χ1v) is 5.64. The molecular weight excluding hydrogens is 191 g/mol. The van der Waals surface area contributed by atoms with Crippen molar-refractivity contribution in [3.8, 4) is 0 Å². The Morgan fingerprint density at radius 1 is 1.00 bits per heavy atom.